The van der Waals surface area contributed by atoms with E-state index in [0.717, 1.165) is 36.3 Å². The third-order valence-electron chi connectivity index (χ3n) is 5.54. The van der Waals surface area contributed by atoms with E-state index >= 15 is 0 Å². The number of carbonyl (C=O) groups excluding carboxylic acids is 3. The first-order chi connectivity index (χ1) is 17.6. The fourth-order valence-electron chi connectivity index (χ4n) is 3.56. The Hall–Kier alpha value is -3.80. The van der Waals surface area contributed by atoms with Crippen LogP contribution in [0.4, 0.5) is 22.7 Å². The van der Waals surface area contributed by atoms with Crippen LogP contribution in [-0.4, -0.2) is 40.2 Å². The van der Waals surface area contributed by atoms with Crippen molar-refractivity contribution in [2.45, 2.75) is 38.0 Å². The van der Waals surface area contributed by atoms with E-state index in [-0.39, 0.29) is 42.2 Å². The van der Waals surface area contributed by atoms with Crippen molar-refractivity contribution in [2.75, 3.05) is 11.9 Å². The molecule has 12 heteroatoms. The summed E-state index contributed by atoms with van der Waals surface area (Å²) in [6.45, 7) is -0.275. The number of anilines is 1. The average Bonchev–Trinajstić information content (AvgIpc) is 3.61. The van der Waals surface area contributed by atoms with Gasteiger partial charge in [-0.1, -0.05) is 12.1 Å². The van der Waals surface area contributed by atoms with Gasteiger partial charge in [0.1, 0.15) is 12.4 Å². The van der Waals surface area contributed by atoms with Gasteiger partial charge in [-0.2, -0.15) is 13.2 Å². The highest BCUT2D eigenvalue weighted by atomic mass is 32.1. The Morgan fingerprint density at radius 1 is 1.05 bits per heavy atom. The second-order valence-electron chi connectivity index (χ2n) is 8.51. The Kier molecular flexibility index (Phi) is 7.86. The largest absolute Gasteiger partial charge is 0.416 e. The number of nitrogens with one attached hydrogen (secondary N) is 2. The summed E-state index contributed by atoms with van der Waals surface area (Å²) in [6.07, 6.45) is -3.04. The molecule has 0 spiro atoms. The molecule has 1 aromatic heterocycles. The lowest BCUT2D eigenvalue weighted by Gasteiger charge is -2.21. The number of amides is 3. The summed E-state index contributed by atoms with van der Waals surface area (Å²) in [5.74, 6) is -1.73. The lowest BCUT2D eigenvalue weighted by Crippen LogP contribution is -2.39. The molecule has 0 bridgehead atoms. The molecule has 0 unspecified atom stereocenters. The van der Waals surface area contributed by atoms with Crippen LogP contribution in [0.15, 0.2) is 53.9 Å². The SMILES string of the molecule is O=C(Cc1csc(NC(=O)CN(C(=O)c2ccc(F)cc2)C2CC2)n1)NCc1cccc(C(F)(F)F)c1. The second-order valence-corrected chi connectivity index (χ2v) is 9.37. The van der Waals surface area contributed by atoms with Crippen molar-refractivity contribution >= 4 is 34.2 Å². The molecule has 0 atom stereocenters. The number of thiazole rings is 1. The maximum Gasteiger partial charge on any atom is 0.416 e. The fraction of sp³-hybridized carbons (Fsp3) is 0.280. The Labute approximate surface area is 213 Å². The van der Waals surface area contributed by atoms with Gasteiger partial charge in [0.05, 0.1) is 17.7 Å². The van der Waals surface area contributed by atoms with E-state index < -0.39 is 29.4 Å². The number of rotatable bonds is 9. The van der Waals surface area contributed by atoms with Gasteiger partial charge in [-0.15, -0.1) is 11.3 Å². The van der Waals surface area contributed by atoms with Gasteiger partial charge in [0, 0.05) is 23.5 Å². The average molecular weight is 535 g/mol. The van der Waals surface area contributed by atoms with E-state index in [1.165, 1.54) is 41.3 Å². The van der Waals surface area contributed by atoms with Crippen LogP contribution in [0.25, 0.3) is 0 Å². The molecule has 1 aliphatic rings. The first kappa shape index (κ1) is 26.3. The molecule has 0 aliphatic heterocycles. The van der Waals surface area contributed by atoms with Crippen molar-refractivity contribution in [1.82, 2.24) is 15.2 Å². The molecular formula is C25H22F4N4O3S. The standard InChI is InChI=1S/C25H22F4N4O3S/c26-18-6-4-16(5-7-18)23(36)33(20-8-9-20)13-22(35)32-24-31-19(14-37-24)11-21(34)30-12-15-2-1-3-17(10-15)25(27,28)29/h1-7,10,14,20H,8-9,11-13H2,(H,30,34)(H,31,32,35). The molecular weight excluding hydrogens is 512 g/mol. The quantitative estimate of drug-likeness (QED) is 0.398. The van der Waals surface area contributed by atoms with Gasteiger partial charge in [0.2, 0.25) is 11.8 Å². The fourth-order valence-corrected chi connectivity index (χ4v) is 4.28. The first-order valence-electron chi connectivity index (χ1n) is 11.3. The molecule has 4 rings (SSSR count). The minimum atomic E-state index is -4.47. The summed E-state index contributed by atoms with van der Waals surface area (Å²) < 4.78 is 51.7. The summed E-state index contributed by atoms with van der Waals surface area (Å²) in [4.78, 5) is 43.2. The van der Waals surface area contributed by atoms with Crippen LogP contribution in [0.3, 0.4) is 0 Å². The van der Waals surface area contributed by atoms with E-state index in [4.69, 9.17) is 0 Å². The van der Waals surface area contributed by atoms with Crippen LogP contribution in [-0.2, 0) is 28.7 Å². The van der Waals surface area contributed by atoms with Crippen molar-refractivity contribution in [3.05, 3.63) is 82.1 Å². The Morgan fingerprint density at radius 3 is 2.46 bits per heavy atom. The van der Waals surface area contributed by atoms with Crippen molar-refractivity contribution in [3.8, 4) is 0 Å². The molecule has 2 N–H and O–H groups in total. The van der Waals surface area contributed by atoms with E-state index in [1.807, 2.05) is 0 Å². The molecule has 3 aromatic rings. The summed E-state index contributed by atoms with van der Waals surface area (Å²) in [5.41, 5.74) is 0.181. The molecule has 2 aromatic carbocycles. The van der Waals surface area contributed by atoms with Gasteiger partial charge < -0.3 is 15.5 Å². The summed E-state index contributed by atoms with van der Waals surface area (Å²) in [5, 5.41) is 7.01. The maximum atomic E-state index is 13.2. The van der Waals surface area contributed by atoms with Gasteiger partial charge in [0.15, 0.2) is 5.13 Å². The van der Waals surface area contributed by atoms with Crippen LogP contribution < -0.4 is 10.6 Å². The lowest BCUT2D eigenvalue weighted by molar-refractivity contribution is -0.137. The molecule has 1 aliphatic carbocycles. The number of hydrogen-bond donors (Lipinski definition) is 2. The molecule has 37 heavy (non-hydrogen) atoms. The molecule has 0 saturated heterocycles. The first-order valence-corrected chi connectivity index (χ1v) is 12.2. The Balaban J connectivity index is 1.28. The van der Waals surface area contributed by atoms with Crippen molar-refractivity contribution in [2.24, 2.45) is 0 Å². The van der Waals surface area contributed by atoms with E-state index in [0.29, 0.717) is 11.3 Å². The molecule has 1 fully saturated rings. The molecule has 3 amide bonds. The zero-order valence-electron chi connectivity index (χ0n) is 19.3. The van der Waals surface area contributed by atoms with Crippen molar-refractivity contribution < 1.29 is 31.9 Å². The highest BCUT2D eigenvalue weighted by Gasteiger charge is 2.34. The number of alkyl halides is 3. The number of halogens is 4. The van der Waals surface area contributed by atoms with Crippen LogP contribution in [0.1, 0.15) is 40.0 Å². The number of nitrogens with zero attached hydrogens (tertiary/aromatic N) is 2. The minimum absolute atomic E-state index is 0.0596. The van der Waals surface area contributed by atoms with Crippen molar-refractivity contribution in [1.29, 1.82) is 0 Å². The predicted octanol–water partition coefficient (Wildman–Crippen LogP) is 4.40. The van der Waals surface area contributed by atoms with Crippen molar-refractivity contribution in [3.63, 3.8) is 0 Å². The summed E-state index contributed by atoms with van der Waals surface area (Å²) >= 11 is 1.10. The number of benzene rings is 2. The van der Waals surface area contributed by atoms with E-state index in [9.17, 15) is 31.9 Å². The zero-order chi connectivity index (χ0) is 26.6. The minimum Gasteiger partial charge on any atom is -0.352 e. The van der Waals surface area contributed by atoms with Gasteiger partial charge in [-0.3, -0.25) is 14.4 Å². The van der Waals surface area contributed by atoms with Crippen LogP contribution in [0.2, 0.25) is 0 Å². The monoisotopic (exact) mass is 534 g/mol. The number of carbonyl (C=O) groups is 3. The Morgan fingerprint density at radius 2 is 1.78 bits per heavy atom. The summed E-state index contributed by atoms with van der Waals surface area (Å²) in [6, 6.07) is 9.75. The highest BCUT2D eigenvalue weighted by Crippen LogP contribution is 2.30. The van der Waals surface area contributed by atoms with Gasteiger partial charge in [-0.05, 0) is 54.8 Å². The Bertz CT molecular complexity index is 1290. The second kappa shape index (κ2) is 11.1. The molecule has 1 heterocycles. The highest BCUT2D eigenvalue weighted by molar-refractivity contribution is 7.13. The zero-order valence-corrected chi connectivity index (χ0v) is 20.2. The predicted molar refractivity (Wildman–Crippen MR) is 128 cm³/mol. The number of hydrogen-bond acceptors (Lipinski definition) is 5. The third kappa shape index (κ3) is 7.35. The van der Waals surface area contributed by atoms with Crippen LogP contribution in [0, 0.1) is 5.82 Å². The van der Waals surface area contributed by atoms with Gasteiger partial charge in [0.25, 0.3) is 5.91 Å². The van der Waals surface area contributed by atoms with Gasteiger partial charge in [-0.25, -0.2) is 9.37 Å². The van der Waals surface area contributed by atoms with Crippen LogP contribution >= 0.6 is 11.3 Å². The smallest absolute Gasteiger partial charge is 0.352 e. The van der Waals surface area contributed by atoms with Gasteiger partial charge >= 0.3 is 6.18 Å². The topological polar surface area (TPSA) is 91.4 Å². The third-order valence-corrected chi connectivity index (χ3v) is 6.34. The van der Waals surface area contributed by atoms with E-state index in [2.05, 4.69) is 15.6 Å². The maximum absolute atomic E-state index is 13.2. The molecule has 194 valence electrons. The molecule has 1 saturated carbocycles. The normalized spacial score (nSPS) is 13.2. The van der Waals surface area contributed by atoms with E-state index in [1.54, 1.807) is 5.38 Å². The molecule has 0 radical (unpaired) electrons. The summed E-state index contributed by atoms with van der Waals surface area (Å²) in [7, 11) is 0. The van der Waals surface area contributed by atoms with Crippen LogP contribution in [0.5, 0.6) is 0 Å². The number of aromatic nitrogens is 1. The molecule has 7 nitrogen and oxygen atoms in total. The lowest BCUT2D eigenvalue weighted by atomic mass is 10.1.